The van der Waals surface area contributed by atoms with Crippen molar-refractivity contribution in [1.29, 1.82) is 5.26 Å². The zero-order chi connectivity index (χ0) is 23.6. The zero-order valence-electron chi connectivity index (χ0n) is 16.9. The van der Waals surface area contributed by atoms with Gasteiger partial charge in [-0.05, 0) is 53.7 Å². The molecule has 0 aromatic heterocycles. The van der Waals surface area contributed by atoms with Gasteiger partial charge in [0.15, 0.2) is 16.7 Å². The van der Waals surface area contributed by atoms with Crippen LogP contribution in [0.5, 0.6) is 11.5 Å². The Balaban J connectivity index is 1.53. The van der Waals surface area contributed by atoms with Crippen LogP contribution < -0.4 is 4.74 Å². The van der Waals surface area contributed by atoms with Crippen molar-refractivity contribution in [3.05, 3.63) is 63.8 Å². The molecule has 170 valence electrons. The van der Waals surface area contributed by atoms with Crippen LogP contribution in [0.4, 0.5) is 17.6 Å². The number of morpholine rings is 1. The maximum atomic E-state index is 14.6. The number of carbonyl (C=O) groups is 1. The second-order valence-corrected chi connectivity index (χ2v) is 8.03. The summed E-state index contributed by atoms with van der Waals surface area (Å²) >= 11 is 1.17. The van der Waals surface area contributed by atoms with E-state index >= 15 is 0 Å². The number of thioether (sulfide) groups is 1. The molecule has 4 rings (SSSR count). The summed E-state index contributed by atoms with van der Waals surface area (Å²) in [7, 11) is 0. The fourth-order valence-electron chi connectivity index (χ4n) is 3.16. The number of aliphatic imine (C=N–C) groups is 1. The smallest absolute Gasteiger partial charge is 0.420 e. The summed E-state index contributed by atoms with van der Waals surface area (Å²) in [5, 5.41) is 9.39. The van der Waals surface area contributed by atoms with Gasteiger partial charge in [0.25, 0.3) is 5.91 Å². The number of alkyl halides is 3. The van der Waals surface area contributed by atoms with E-state index in [1.54, 1.807) is 6.07 Å². The molecule has 1 amide bonds. The lowest BCUT2D eigenvalue weighted by molar-refractivity contribution is -0.138. The van der Waals surface area contributed by atoms with Gasteiger partial charge < -0.3 is 14.4 Å². The zero-order valence-corrected chi connectivity index (χ0v) is 17.7. The number of hydrogen-bond donors (Lipinski definition) is 0. The summed E-state index contributed by atoms with van der Waals surface area (Å²) in [6, 6.07) is 8.03. The van der Waals surface area contributed by atoms with E-state index in [9.17, 15) is 22.4 Å². The van der Waals surface area contributed by atoms with E-state index in [0.717, 1.165) is 18.2 Å². The standard InChI is InChI=1S/C22H15F4N3O3S/c23-16-10-13(11-19-20(30)28-21(33-19)29-5-7-31-8-6-29)1-4-18(16)32-17-3-2-14(12-27)9-15(17)22(24,25)26/h1-4,9-11H,5-8H2. The molecule has 0 N–H and O–H groups in total. The molecule has 2 aliphatic heterocycles. The fraction of sp³-hybridized carbons (Fsp3) is 0.227. The Morgan fingerprint density at radius 1 is 1.15 bits per heavy atom. The Labute approximate surface area is 190 Å². The number of ether oxygens (including phenoxy) is 2. The molecule has 11 heteroatoms. The van der Waals surface area contributed by atoms with Crippen molar-refractivity contribution in [3.8, 4) is 17.6 Å². The van der Waals surface area contributed by atoms with Crippen molar-refractivity contribution in [1.82, 2.24) is 4.90 Å². The number of halogens is 4. The molecule has 2 aromatic carbocycles. The van der Waals surface area contributed by atoms with Crippen LogP contribution in [0.3, 0.4) is 0 Å². The number of benzene rings is 2. The van der Waals surface area contributed by atoms with E-state index in [4.69, 9.17) is 14.7 Å². The Morgan fingerprint density at radius 2 is 1.88 bits per heavy atom. The molecule has 0 spiro atoms. The van der Waals surface area contributed by atoms with Gasteiger partial charge in [-0.2, -0.15) is 23.4 Å². The van der Waals surface area contributed by atoms with Gasteiger partial charge in [0.2, 0.25) is 0 Å². The molecule has 2 aromatic rings. The maximum Gasteiger partial charge on any atom is 0.420 e. The van der Waals surface area contributed by atoms with Gasteiger partial charge in [0, 0.05) is 13.1 Å². The first-order valence-corrected chi connectivity index (χ1v) is 10.5. The van der Waals surface area contributed by atoms with Gasteiger partial charge in [0.05, 0.1) is 35.3 Å². The Bertz CT molecular complexity index is 1200. The minimum atomic E-state index is -4.79. The first-order chi connectivity index (χ1) is 15.7. The van der Waals surface area contributed by atoms with E-state index in [2.05, 4.69) is 4.99 Å². The van der Waals surface area contributed by atoms with Crippen LogP contribution in [-0.2, 0) is 15.7 Å². The normalized spacial score (nSPS) is 17.8. The Kier molecular flexibility index (Phi) is 6.40. The SMILES string of the molecule is N#Cc1ccc(Oc2ccc(C=C3SC(N4CCOCC4)=NC3=O)cc2F)c(C(F)(F)F)c1. The number of nitriles is 1. The van der Waals surface area contributed by atoms with Gasteiger partial charge in [0.1, 0.15) is 5.75 Å². The largest absolute Gasteiger partial charge is 0.454 e. The van der Waals surface area contributed by atoms with Crippen molar-refractivity contribution >= 4 is 28.9 Å². The second-order valence-electron chi connectivity index (χ2n) is 7.02. The number of amidine groups is 1. The molecule has 0 radical (unpaired) electrons. The minimum Gasteiger partial charge on any atom is -0.454 e. The quantitative estimate of drug-likeness (QED) is 0.467. The summed E-state index contributed by atoms with van der Waals surface area (Å²) in [5.41, 5.74) is -1.06. The van der Waals surface area contributed by atoms with Gasteiger partial charge in [-0.3, -0.25) is 4.79 Å². The molecule has 2 heterocycles. The number of carbonyl (C=O) groups excluding carboxylic acids is 1. The van der Waals surface area contributed by atoms with Crippen LogP contribution in [-0.4, -0.2) is 42.3 Å². The molecule has 0 aliphatic carbocycles. The molecule has 0 atom stereocenters. The van der Waals surface area contributed by atoms with Gasteiger partial charge in [-0.25, -0.2) is 4.39 Å². The molecule has 6 nitrogen and oxygen atoms in total. The highest BCUT2D eigenvalue weighted by molar-refractivity contribution is 8.18. The highest BCUT2D eigenvalue weighted by atomic mass is 32.2. The molecule has 33 heavy (non-hydrogen) atoms. The second kappa shape index (κ2) is 9.25. The van der Waals surface area contributed by atoms with E-state index in [1.807, 2.05) is 4.90 Å². The predicted octanol–water partition coefficient (Wildman–Crippen LogP) is 4.81. The van der Waals surface area contributed by atoms with Crippen LogP contribution in [0, 0.1) is 17.1 Å². The van der Waals surface area contributed by atoms with Crippen molar-refractivity contribution in [2.24, 2.45) is 4.99 Å². The van der Waals surface area contributed by atoms with E-state index in [0.29, 0.717) is 48.0 Å². The van der Waals surface area contributed by atoms with Crippen molar-refractivity contribution in [3.63, 3.8) is 0 Å². The third-order valence-electron chi connectivity index (χ3n) is 4.78. The number of nitrogens with zero attached hydrogens (tertiary/aromatic N) is 3. The third kappa shape index (κ3) is 5.18. The molecule has 0 unspecified atom stereocenters. The summed E-state index contributed by atoms with van der Waals surface area (Å²) in [6.07, 6.45) is -3.33. The molecule has 1 fully saturated rings. The number of rotatable bonds is 3. The first-order valence-electron chi connectivity index (χ1n) is 9.68. The molecular formula is C22H15F4N3O3S. The van der Waals surface area contributed by atoms with Crippen molar-refractivity contribution < 1.29 is 31.8 Å². The lowest BCUT2D eigenvalue weighted by Crippen LogP contribution is -2.38. The molecule has 0 saturated carbocycles. The van der Waals surface area contributed by atoms with Crippen LogP contribution in [0.2, 0.25) is 0 Å². The first kappa shape index (κ1) is 22.8. The number of hydrogen-bond acceptors (Lipinski definition) is 6. The van der Waals surface area contributed by atoms with E-state index in [-0.39, 0.29) is 5.56 Å². The number of amides is 1. The summed E-state index contributed by atoms with van der Waals surface area (Å²) < 4.78 is 65.0. The van der Waals surface area contributed by atoms with Crippen LogP contribution in [0.25, 0.3) is 6.08 Å². The van der Waals surface area contributed by atoms with E-state index in [1.165, 1.54) is 30.0 Å². The van der Waals surface area contributed by atoms with E-state index < -0.39 is 35.0 Å². The monoisotopic (exact) mass is 477 g/mol. The van der Waals surface area contributed by atoms with Crippen LogP contribution in [0.1, 0.15) is 16.7 Å². The van der Waals surface area contributed by atoms with Gasteiger partial charge in [-0.15, -0.1) is 0 Å². The average Bonchev–Trinajstić information content (AvgIpc) is 3.16. The third-order valence-corrected chi connectivity index (χ3v) is 5.82. The van der Waals surface area contributed by atoms with Gasteiger partial charge in [-0.1, -0.05) is 6.07 Å². The Hall–Kier alpha value is -3.36. The molecule has 2 aliphatic rings. The molecular weight excluding hydrogens is 462 g/mol. The van der Waals surface area contributed by atoms with Gasteiger partial charge >= 0.3 is 6.18 Å². The predicted molar refractivity (Wildman–Crippen MR) is 113 cm³/mol. The summed E-state index contributed by atoms with van der Waals surface area (Å²) in [5.74, 6) is -2.42. The lowest BCUT2D eigenvalue weighted by Gasteiger charge is -2.27. The Morgan fingerprint density at radius 3 is 2.55 bits per heavy atom. The molecule has 0 bridgehead atoms. The summed E-state index contributed by atoms with van der Waals surface area (Å²) in [4.78, 5) is 18.5. The highest BCUT2D eigenvalue weighted by Gasteiger charge is 2.35. The molecule has 1 saturated heterocycles. The maximum absolute atomic E-state index is 14.6. The van der Waals surface area contributed by atoms with Crippen LogP contribution >= 0.6 is 11.8 Å². The average molecular weight is 477 g/mol. The van der Waals surface area contributed by atoms with Crippen molar-refractivity contribution in [2.75, 3.05) is 26.3 Å². The fourth-order valence-corrected chi connectivity index (χ4v) is 4.12. The topological polar surface area (TPSA) is 74.9 Å². The van der Waals surface area contributed by atoms with Crippen molar-refractivity contribution in [2.45, 2.75) is 6.18 Å². The highest BCUT2D eigenvalue weighted by Crippen LogP contribution is 2.39. The lowest BCUT2D eigenvalue weighted by atomic mass is 10.1. The minimum absolute atomic E-state index is 0.200. The summed E-state index contributed by atoms with van der Waals surface area (Å²) in [6.45, 7) is 2.30. The van der Waals surface area contributed by atoms with Crippen LogP contribution in [0.15, 0.2) is 46.3 Å².